The van der Waals surface area contributed by atoms with Gasteiger partial charge in [0.25, 0.3) is 5.91 Å². The first-order chi connectivity index (χ1) is 13.0. The van der Waals surface area contributed by atoms with Gasteiger partial charge < -0.3 is 14.7 Å². The van der Waals surface area contributed by atoms with Crippen molar-refractivity contribution in [2.45, 2.75) is 30.0 Å². The molecule has 0 aliphatic carbocycles. The highest BCUT2D eigenvalue weighted by Gasteiger charge is 2.70. The zero-order valence-corrected chi connectivity index (χ0v) is 16.0. The molecule has 0 unspecified atom stereocenters. The molecule has 0 saturated carbocycles. The van der Waals surface area contributed by atoms with Gasteiger partial charge in [0.1, 0.15) is 11.4 Å². The van der Waals surface area contributed by atoms with Gasteiger partial charge in [-0.1, -0.05) is 12.7 Å². The van der Waals surface area contributed by atoms with Gasteiger partial charge in [-0.05, 0) is 32.1 Å². The van der Waals surface area contributed by atoms with Crippen molar-refractivity contribution in [3.05, 3.63) is 47.8 Å². The molecule has 2 atom stereocenters. The average molecular weight is 406 g/mol. The van der Waals surface area contributed by atoms with Crippen molar-refractivity contribution < 1.29 is 32.6 Å². The maximum absolute atomic E-state index is 12.8. The van der Waals surface area contributed by atoms with Crippen LogP contribution in [0.4, 0.5) is 0 Å². The largest absolute Gasteiger partial charge is 0.480 e. The molecule has 0 aromatic carbocycles. The molecule has 148 valence electrons. The lowest BCUT2D eigenvalue weighted by Crippen LogP contribution is -2.58. The molecule has 0 bridgehead atoms. The zero-order chi connectivity index (χ0) is 20.9. The number of aliphatic carboxylic acids is 1. The standard InChI is InChI=1S/C18H18N2O7S/c1-4-7-27-17(24)10-5-6-11(19-9-10)8-12-14(21)20-13(16(22)23)18(2,3)28(25,26)15(12)20/h4-6,8-9,13,15H,1,7H2,2-3H3,(H,22,23)/b12-8-/t13-,15-/m0/s1. The van der Waals surface area contributed by atoms with E-state index in [-0.39, 0.29) is 23.4 Å². The molecule has 1 N–H and O–H groups in total. The third-order valence-electron chi connectivity index (χ3n) is 4.86. The topological polar surface area (TPSA) is 131 Å². The van der Waals surface area contributed by atoms with E-state index in [4.69, 9.17) is 4.74 Å². The maximum Gasteiger partial charge on any atom is 0.340 e. The van der Waals surface area contributed by atoms with E-state index in [1.807, 2.05) is 0 Å². The predicted molar refractivity (Wildman–Crippen MR) is 97.8 cm³/mol. The number of carboxylic acids is 1. The van der Waals surface area contributed by atoms with Crippen LogP contribution in [0.3, 0.4) is 0 Å². The second-order valence-corrected chi connectivity index (χ2v) is 9.50. The van der Waals surface area contributed by atoms with Crippen LogP contribution in [-0.4, -0.2) is 64.0 Å². The van der Waals surface area contributed by atoms with E-state index in [9.17, 15) is 27.9 Å². The Bertz CT molecular complexity index is 1010. The summed E-state index contributed by atoms with van der Waals surface area (Å²) in [6.45, 7) is 6.08. The number of sulfone groups is 1. The van der Waals surface area contributed by atoms with Crippen LogP contribution < -0.4 is 0 Å². The number of amides is 1. The number of pyridine rings is 1. The molecule has 1 amide bonds. The van der Waals surface area contributed by atoms with Crippen molar-refractivity contribution in [1.82, 2.24) is 9.88 Å². The molecule has 2 aliphatic heterocycles. The van der Waals surface area contributed by atoms with Gasteiger partial charge in [-0.3, -0.25) is 9.78 Å². The first-order valence-electron chi connectivity index (χ1n) is 8.28. The van der Waals surface area contributed by atoms with Crippen LogP contribution in [0.5, 0.6) is 0 Å². The van der Waals surface area contributed by atoms with Gasteiger partial charge in [-0.15, -0.1) is 0 Å². The Morgan fingerprint density at radius 2 is 2.07 bits per heavy atom. The molecule has 0 radical (unpaired) electrons. The van der Waals surface area contributed by atoms with E-state index in [0.29, 0.717) is 0 Å². The highest BCUT2D eigenvalue weighted by Crippen LogP contribution is 2.48. The number of hydrogen-bond acceptors (Lipinski definition) is 7. The number of aromatic nitrogens is 1. The number of β-lactam (4-membered cyclic amide) rings is 1. The number of ether oxygens (including phenoxy) is 1. The summed E-state index contributed by atoms with van der Waals surface area (Å²) in [6.07, 6.45) is 3.96. The number of carbonyl (C=O) groups is 3. The first kappa shape index (κ1) is 19.7. The minimum atomic E-state index is -3.95. The summed E-state index contributed by atoms with van der Waals surface area (Å²) in [5.41, 5.74) is 0.396. The fourth-order valence-corrected chi connectivity index (χ4v) is 5.45. The summed E-state index contributed by atoms with van der Waals surface area (Å²) in [4.78, 5) is 40.6. The summed E-state index contributed by atoms with van der Waals surface area (Å²) in [6, 6.07) is 1.41. The van der Waals surface area contributed by atoms with Crippen LogP contribution in [-0.2, 0) is 24.2 Å². The molecule has 10 heteroatoms. The molecule has 3 heterocycles. The number of fused-ring (bicyclic) bond motifs is 1. The Morgan fingerprint density at radius 1 is 1.39 bits per heavy atom. The van der Waals surface area contributed by atoms with Gasteiger partial charge in [-0.2, -0.15) is 0 Å². The molecule has 2 saturated heterocycles. The van der Waals surface area contributed by atoms with E-state index in [1.165, 1.54) is 44.3 Å². The zero-order valence-electron chi connectivity index (χ0n) is 15.2. The van der Waals surface area contributed by atoms with Crippen LogP contribution in [0.2, 0.25) is 0 Å². The summed E-state index contributed by atoms with van der Waals surface area (Å²) in [5.74, 6) is -2.63. The van der Waals surface area contributed by atoms with E-state index >= 15 is 0 Å². The lowest BCUT2D eigenvalue weighted by atomic mass is 9.95. The fourth-order valence-electron chi connectivity index (χ4n) is 3.33. The Labute approximate surface area is 161 Å². The van der Waals surface area contributed by atoms with Gasteiger partial charge in [0.15, 0.2) is 21.3 Å². The normalized spacial score (nSPS) is 25.7. The molecule has 1 aromatic rings. The third-order valence-corrected chi connectivity index (χ3v) is 7.61. The second-order valence-electron chi connectivity index (χ2n) is 6.91. The number of rotatable bonds is 5. The van der Waals surface area contributed by atoms with Crippen molar-refractivity contribution in [2.24, 2.45) is 0 Å². The monoisotopic (exact) mass is 406 g/mol. The van der Waals surface area contributed by atoms with Crippen LogP contribution in [0.15, 0.2) is 36.6 Å². The quantitative estimate of drug-likeness (QED) is 0.326. The van der Waals surface area contributed by atoms with Gasteiger partial charge in [-0.25, -0.2) is 18.0 Å². The lowest BCUT2D eigenvalue weighted by Gasteiger charge is -2.37. The lowest BCUT2D eigenvalue weighted by molar-refractivity contribution is -0.152. The number of carboxylic acid groups (broad SMARTS) is 1. The van der Waals surface area contributed by atoms with Crippen LogP contribution >= 0.6 is 0 Å². The highest BCUT2D eigenvalue weighted by molar-refractivity contribution is 7.94. The number of esters is 1. The summed E-state index contributed by atoms with van der Waals surface area (Å²) in [7, 11) is -3.95. The summed E-state index contributed by atoms with van der Waals surface area (Å²) >= 11 is 0. The van der Waals surface area contributed by atoms with E-state index in [1.54, 1.807) is 0 Å². The van der Waals surface area contributed by atoms with E-state index in [0.717, 1.165) is 4.90 Å². The number of hydrogen-bond donors (Lipinski definition) is 1. The average Bonchev–Trinajstić information content (AvgIpc) is 2.78. The highest BCUT2D eigenvalue weighted by atomic mass is 32.2. The van der Waals surface area contributed by atoms with Crippen molar-refractivity contribution >= 4 is 33.8 Å². The van der Waals surface area contributed by atoms with Gasteiger partial charge >= 0.3 is 11.9 Å². The van der Waals surface area contributed by atoms with E-state index in [2.05, 4.69) is 11.6 Å². The molecular weight excluding hydrogens is 388 g/mol. The Kier molecular flexibility index (Phi) is 4.62. The minimum Gasteiger partial charge on any atom is -0.480 e. The van der Waals surface area contributed by atoms with Crippen molar-refractivity contribution in [3.8, 4) is 0 Å². The molecule has 3 rings (SSSR count). The fraction of sp³-hybridized carbons (Fsp3) is 0.333. The SMILES string of the molecule is C=CCOC(=O)c1ccc(/C=C2/C(=O)N3[C@@H](C(=O)O)C(C)(C)S(=O)(=O)[C@@H]23)nc1. The van der Waals surface area contributed by atoms with Gasteiger partial charge in [0, 0.05) is 6.20 Å². The van der Waals surface area contributed by atoms with E-state index < -0.39 is 43.8 Å². The van der Waals surface area contributed by atoms with Gasteiger partial charge in [0.2, 0.25) is 0 Å². The maximum atomic E-state index is 12.8. The Balaban J connectivity index is 1.91. The van der Waals surface area contributed by atoms with Crippen molar-refractivity contribution in [2.75, 3.05) is 6.61 Å². The summed E-state index contributed by atoms with van der Waals surface area (Å²) < 4.78 is 28.8. The third kappa shape index (κ3) is 2.71. The van der Waals surface area contributed by atoms with Crippen molar-refractivity contribution in [3.63, 3.8) is 0 Å². The predicted octanol–water partition coefficient (Wildman–Crippen LogP) is 0.636. The van der Waals surface area contributed by atoms with Crippen molar-refractivity contribution in [1.29, 1.82) is 0 Å². The minimum absolute atomic E-state index is 0.0497. The molecular formula is C18H18N2O7S. The molecule has 0 spiro atoms. The second kappa shape index (κ2) is 6.55. The number of carbonyl (C=O) groups excluding carboxylic acids is 2. The van der Waals surface area contributed by atoms with Gasteiger partial charge in [0.05, 0.1) is 16.8 Å². The summed E-state index contributed by atoms with van der Waals surface area (Å²) in [5, 5.41) is 8.08. The van der Waals surface area contributed by atoms with Crippen LogP contribution in [0.1, 0.15) is 29.9 Å². The Hall–Kier alpha value is -3.01. The molecule has 2 aliphatic rings. The molecule has 28 heavy (non-hydrogen) atoms. The van der Waals surface area contributed by atoms with Crippen LogP contribution in [0, 0.1) is 0 Å². The molecule has 9 nitrogen and oxygen atoms in total. The smallest absolute Gasteiger partial charge is 0.340 e. The molecule has 2 fully saturated rings. The number of nitrogens with zero attached hydrogens (tertiary/aromatic N) is 2. The van der Waals surface area contributed by atoms with Crippen LogP contribution in [0.25, 0.3) is 6.08 Å². The molecule has 1 aromatic heterocycles. The Morgan fingerprint density at radius 3 is 2.61 bits per heavy atom. The first-order valence-corrected chi connectivity index (χ1v) is 9.83.